The Bertz CT molecular complexity index is 1050. The third-order valence-electron chi connectivity index (χ3n) is 4.63. The molecule has 2 rings (SSSR count). The van der Waals surface area contributed by atoms with Gasteiger partial charge in [-0.1, -0.05) is 0 Å². The predicted octanol–water partition coefficient (Wildman–Crippen LogP) is 2.73. The number of rotatable bonds is 13. The van der Waals surface area contributed by atoms with Crippen molar-refractivity contribution in [2.45, 2.75) is 38.1 Å². The van der Waals surface area contributed by atoms with Crippen molar-refractivity contribution in [3.05, 3.63) is 64.2 Å². The molecular formula is C22H28N2O9S. The molecule has 2 aromatic rings. The Morgan fingerprint density at radius 3 is 2.03 bits per heavy atom. The molecular weight excluding hydrogens is 468 g/mol. The summed E-state index contributed by atoms with van der Waals surface area (Å²) in [6.45, 7) is 5.28. The first-order valence-electron chi connectivity index (χ1n) is 10.6. The third-order valence-corrected chi connectivity index (χ3v) is 6.44. The van der Waals surface area contributed by atoms with E-state index in [1.54, 1.807) is 20.8 Å². The minimum atomic E-state index is -4.27. The van der Waals surface area contributed by atoms with Crippen LogP contribution in [-0.4, -0.2) is 63.2 Å². The highest BCUT2D eigenvalue weighted by Gasteiger charge is 2.31. The summed E-state index contributed by atoms with van der Waals surface area (Å²) in [4.78, 5) is 22.0. The summed E-state index contributed by atoms with van der Waals surface area (Å²) in [6, 6.07) is 9.99. The fourth-order valence-corrected chi connectivity index (χ4v) is 4.53. The molecule has 0 spiro atoms. The second-order valence-corrected chi connectivity index (χ2v) is 8.76. The number of sulfonamides is 1. The number of aliphatic hydroxyl groups is 1. The van der Waals surface area contributed by atoms with E-state index in [-0.39, 0.29) is 41.7 Å². The quantitative estimate of drug-likeness (QED) is 0.191. The maximum atomic E-state index is 13.5. The van der Waals surface area contributed by atoms with Crippen molar-refractivity contribution in [2.24, 2.45) is 0 Å². The zero-order valence-electron chi connectivity index (χ0n) is 19.1. The SMILES string of the molecule is CCOC(=O)c1ccc(N(CC(O)C(OCC)OCC)S(=O)(=O)c2ccc([N+](=O)[O-])cc2)cc1. The van der Waals surface area contributed by atoms with Crippen LogP contribution in [0.5, 0.6) is 0 Å². The number of ether oxygens (including phenoxy) is 3. The monoisotopic (exact) mass is 496 g/mol. The van der Waals surface area contributed by atoms with Gasteiger partial charge in [0, 0.05) is 25.3 Å². The van der Waals surface area contributed by atoms with Gasteiger partial charge >= 0.3 is 5.97 Å². The Kier molecular flexibility index (Phi) is 9.93. The molecule has 0 fully saturated rings. The Labute approximate surface area is 198 Å². The lowest BCUT2D eigenvalue weighted by Gasteiger charge is -2.30. The van der Waals surface area contributed by atoms with Crippen molar-refractivity contribution in [2.75, 3.05) is 30.7 Å². The highest BCUT2D eigenvalue weighted by molar-refractivity contribution is 7.92. The fraction of sp³-hybridized carbons (Fsp3) is 0.409. The largest absolute Gasteiger partial charge is 0.462 e. The summed E-state index contributed by atoms with van der Waals surface area (Å²) in [7, 11) is -4.27. The number of nitro groups is 1. The van der Waals surface area contributed by atoms with E-state index in [1.807, 2.05) is 0 Å². The zero-order valence-corrected chi connectivity index (χ0v) is 19.9. The second kappa shape index (κ2) is 12.4. The first-order chi connectivity index (χ1) is 16.1. The summed E-state index contributed by atoms with van der Waals surface area (Å²) in [5, 5.41) is 21.7. The van der Waals surface area contributed by atoms with Crippen LogP contribution in [0.3, 0.4) is 0 Å². The molecule has 2 aromatic carbocycles. The Morgan fingerprint density at radius 1 is 1.00 bits per heavy atom. The molecule has 1 N–H and O–H groups in total. The van der Waals surface area contributed by atoms with Gasteiger partial charge in [-0.15, -0.1) is 0 Å². The van der Waals surface area contributed by atoms with Crippen molar-refractivity contribution >= 4 is 27.4 Å². The molecule has 0 amide bonds. The van der Waals surface area contributed by atoms with Crippen LogP contribution in [0, 0.1) is 10.1 Å². The van der Waals surface area contributed by atoms with Gasteiger partial charge in [0.05, 0.1) is 34.2 Å². The number of carbonyl (C=O) groups is 1. The van der Waals surface area contributed by atoms with Gasteiger partial charge in [-0.05, 0) is 57.2 Å². The minimum Gasteiger partial charge on any atom is -0.462 e. The lowest BCUT2D eigenvalue weighted by molar-refractivity contribution is -0.384. The number of hydrogen-bond donors (Lipinski definition) is 1. The van der Waals surface area contributed by atoms with Crippen LogP contribution in [-0.2, 0) is 24.2 Å². The van der Waals surface area contributed by atoms with E-state index in [4.69, 9.17) is 14.2 Å². The highest BCUT2D eigenvalue weighted by Crippen LogP contribution is 2.27. The molecule has 0 radical (unpaired) electrons. The fourth-order valence-electron chi connectivity index (χ4n) is 3.04. The number of esters is 1. The molecule has 0 aromatic heterocycles. The lowest BCUT2D eigenvalue weighted by Crippen LogP contribution is -2.44. The predicted molar refractivity (Wildman–Crippen MR) is 123 cm³/mol. The van der Waals surface area contributed by atoms with Gasteiger partial charge in [-0.3, -0.25) is 14.4 Å². The van der Waals surface area contributed by atoms with Gasteiger partial charge in [0.1, 0.15) is 6.10 Å². The number of anilines is 1. The van der Waals surface area contributed by atoms with Crippen molar-refractivity contribution in [3.63, 3.8) is 0 Å². The van der Waals surface area contributed by atoms with E-state index < -0.39 is 39.9 Å². The molecule has 0 aliphatic rings. The van der Waals surface area contributed by atoms with Crippen LogP contribution in [0.1, 0.15) is 31.1 Å². The number of non-ortho nitro benzene ring substituents is 1. The van der Waals surface area contributed by atoms with Gasteiger partial charge in [0.2, 0.25) is 0 Å². The lowest BCUT2D eigenvalue weighted by atomic mass is 10.2. The summed E-state index contributed by atoms with van der Waals surface area (Å²) in [5.41, 5.74) is 0.106. The smallest absolute Gasteiger partial charge is 0.338 e. The van der Waals surface area contributed by atoms with Crippen molar-refractivity contribution in [1.82, 2.24) is 0 Å². The number of benzene rings is 2. The van der Waals surface area contributed by atoms with Crippen molar-refractivity contribution in [1.29, 1.82) is 0 Å². The summed E-state index contributed by atoms with van der Waals surface area (Å²) < 4.78 is 43.6. The maximum Gasteiger partial charge on any atom is 0.338 e. The number of carbonyl (C=O) groups excluding carboxylic acids is 1. The first kappa shape index (κ1) is 27.2. The molecule has 0 bridgehead atoms. The Balaban J connectivity index is 2.47. The average molecular weight is 497 g/mol. The summed E-state index contributed by atoms with van der Waals surface area (Å²) in [5.74, 6) is -0.563. The van der Waals surface area contributed by atoms with Gasteiger partial charge in [0.25, 0.3) is 15.7 Å². The standard InChI is InChI=1S/C22H28N2O9S/c1-4-31-21(26)16-7-9-17(10-8-16)23(15-20(25)22(32-5-2)33-6-3)34(29,30)19-13-11-18(12-14-19)24(27)28/h7-14,20,22,25H,4-6,15H2,1-3H3. The zero-order chi connectivity index (χ0) is 25.3. The van der Waals surface area contributed by atoms with E-state index >= 15 is 0 Å². The molecule has 0 saturated carbocycles. The molecule has 186 valence electrons. The van der Waals surface area contributed by atoms with Crippen LogP contribution in [0.25, 0.3) is 0 Å². The summed E-state index contributed by atoms with van der Waals surface area (Å²) >= 11 is 0. The Morgan fingerprint density at radius 2 is 1.56 bits per heavy atom. The second-order valence-electron chi connectivity index (χ2n) is 6.90. The van der Waals surface area contributed by atoms with E-state index in [0.29, 0.717) is 0 Å². The minimum absolute atomic E-state index is 0.150. The highest BCUT2D eigenvalue weighted by atomic mass is 32.2. The van der Waals surface area contributed by atoms with Crippen LogP contribution in [0.2, 0.25) is 0 Å². The molecule has 0 saturated heterocycles. The van der Waals surface area contributed by atoms with Gasteiger partial charge in [-0.25, -0.2) is 13.2 Å². The molecule has 0 heterocycles. The molecule has 1 unspecified atom stereocenters. The normalized spacial score (nSPS) is 12.4. The number of hydrogen-bond acceptors (Lipinski definition) is 9. The van der Waals surface area contributed by atoms with Crippen LogP contribution < -0.4 is 4.31 Å². The summed E-state index contributed by atoms with van der Waals surface area (Å²) in [6.07, 6.45) is -2.44. The average Bonchev–Trinajstić information content (AvgIpc) is 2.82. The van der Waals surface area contributed by atoms with Crippen LogP contribution >= 0.6 is 0 Å². The first-order valence-corrected chi connectivity index (χ1v) is 12.0. The number of aliphatic hydroxyl groups excluding tert-OH is 1. The van der Waals surface area contributed by atoms with E-state index in [9.17, 15) is 28.4 Å². The molecule has 0 aliphatic heterocycles. The van der Waals surface area contributed by atoms with Crippen molar-refractivity contribution < 1.29 is 37.5 Å². The van der Waals surface area contributed by atoms with E-state index in [2.05, 4.69) is 0 Å². The number of nitro benzene ring substituents is 1. The van der Waals surface area contributed by atoms with Gasteiger partial charge in [-0.2, -0.15) is 0 Å². The molecule has 12 heteroatoms. The van der Waals surface area contributed by atoms with E-state index in [1.165, 1.54) is 24.3 Å². The van der Waals surface area contributed by atoms with Gasteiger partial charge < -0.3 is 19.3 Å². The van der Waals surface area contributed by atoms with E-state index in [0.717, 1.165) is 28.6 Å². The molecule has 11 nitrogen and oxygen atoms in total. The number of nitrogens with zero attached hydrogens (tertiary/aromatic N) is 2. The van der Waals surface area contributed by atoms with Crippen LogP contribution in [0.4, 0.5) is 11.4 Å². The van der Waals surface area contributed by atoms with Gasteiger partial charge in [0.15, 0.2) is 6.29 Å². The molecule has 34 heavy (non-hydrogen) atoms. The molecule has 1 atom stereocenters. The maximum absolute atomic E-state index is 13.5. The Hall–Kier alpha value is -3.06. The van der Waals surface area contributed by atoms with Crippen LogP contribution in [0.15, 0.2) is 53.4 Å². The topological polar surface area (TPSA) is 146 Å². The molecule has 0 aliphatic carbocycles. The third kappa shape index (κ3) is 6.73. The van der Waals surface area contributed by atoms with Crippen molar-refractivity contribution in [3.8, 4) is 0 Å².